The Bertz CT molecular complexity index is 1580. The molecule has 1 aromatic carbocycles. The maximum atomic E-state index is 15.6. The summed E-state index contributed by atoms with van der Waals surface area (Å²) in [6.45, 7) is 9.25. The Balaban J connectivity index is 1.23. The minimum absolute atomic E-state index is 0.216. The predicted octanol–water partition coefficient (Wildman–Crippen LogP) is 7.47. The molecule has 0 spiro atoms. The fourth-order valence-corrected chi connectivity index (χ4v) is 6.98. The highest BCUT2D eigenvalue weighted by atomic mass is 32.2. The molecule has 44 heavy (non-hydrogen) atoms. The monoisotopic (exact) mass is 638 g/mol. The van der Waals surface area contributed by atoms with Crippen molar-refractivity contribution in [1.82, 2.24) is 25.2 Å². The third-order valence-electron chi connectivity index (χ3n) is 7.36. The number of nitrogens with one attached hydrogen (secondary N) is 2. The topological polar surface area (TPSA) is 92.3 Å². The molecule has 0 radical (unpaired) electrons. The van der Waals surface area contributed by atoms with Crippen molar-refractivity contribution in [3.8, 4) is 0 Å². The fourth-order valence-electron chi connectivity index (χ4n) is 5.09. The molecule has 1 aliphatic rings. The third kappa shape index (κ3) is 8.10. The first-order valence-corrected chi connectivity index (χ1v) is 16.0. The van der Waals surface area contributed by atoms with Gasteiger partial charge in [0.1, 0.15) is 17.2 Å². The van der Waals surface area contributed by atoms with Gasteiger partial charge in [-0.1, -0.05) is 35.2 Å². The second-order valence-corrected chi connectivity index (χ2v) is 14.2. The second-order valence-electron chi connectivity index (χ2n) is 11.9. The van der Waals surface area contributed by atoms with Crippen molar-refractivity contribution >= 4 is 40.1 Å². The highest BCUT2D eigenvalue weighted by Gasteiger charge is 2.38. The number of thiazole rings is 1. The molecule has 5 rings (SSSR count). The molecule has 8 nitrogen and oxygen atoms in total. The molecule has 1 fully saturated rings. The summed E-state index contributed by atoms with van der Waals surface area (Å²) in [5.74, 6) is 0.0106. The van der Waals surface area contributed by atoms with Gasteiger partial charge >= 0.3 is 6.09 Å². The van der Waals surface area contributed by atoms with E-state index in [4.69, 9.17) is 4.74 Å². The van der Waals surface area contributed by atoms with Gasteiger partial charge < -0.3 is 20.3 Å². The zero-order valence-corrected chi connectivity index (χ0v) is 26.8. The molecule has 2 N–H and O–H groups in total. The van der Waals surface area contributed by atoms with E-state index in [9.17, 15) is 9.18 Å². The van der Waals surface area contributed by atoms with E-state index in [1.54, 1.807) is 41.7 Å². The minimum Gasteiger partial charge on any atom is -0.444 e. The van der Waals surface area contributed by atoms with Gasteiger partial charge in [-0.25, -0.2) is 23.5 Å². The number of benzene rings is 1. The lowest BCUT2D eigenvalue weighted by molar-refractivity contribution is 0.0163. The van der Waals surface area contributed by atoms with E-state index in [1.807, 2.05) is 39.8 Å². The minimum atomic E-state index is -0.577. The van der Waals surface area contributed by atoms with Crippen molar-refractivity contribution in [3.63, 3.8) is 0 Å². The Morgan fingerprint density at radius 1 is 1.07 bits per heavy atom. The summed E-state index contributed by atoms with van der Waals surface area (Å²) in [7, 11) is 0. The number of nitrogens with zero attached hydrogens (tertiary/aromatic N) is 4. The molecule has 0 atom stereocenters. The number of aryl methyl sites for hydroxylation is 1. The van der Waals surface area contributed by atoms with Crippen LogP contribution in [-0.2, 0) is 16.7 Å². The van der Waals surface area contributed by atoms with Gasteiger partial charge in [-0.05, 0) is 82.0 Å². The Hall–Kier alpha value is -3.61. The zero-order valence-electron chi connectivity index (χ0n) is 25.2. The number of halogens is 2. The first-order chi connectivity index (χ1) is 21.0. The maximum absolute atomic E-state index is 15.6. The van der Waals surface area contributed by atoms with Crippen LogP contribution in [0.2, 0.25) is 0 Å². The van der Waals surface area contributed by atoms with Crippen molar-refractivity contribution in [2.45, 2.75) is 67.2 Å². The molecule has 4 heterocycles. The molecule has 0 aliphatic carbocycles. The number of carbonyl (C=O) groups is 1. The van der Waals surface area contributed by atoms with Gasteiger partial charge in [0.25, 0.3) is 0 Å². The van der Waals surface area contributed by atoms with Crippen LogP contribution in [0, 0.1) is 18.6 Å². The Kier molecular flexibility index (Phi) is 9.81. The highest BCUT2D eigenvalue weighted by molar-refractivity contribution is 8.01. The van der Waals surface area contributed by atoms with E-state index < -0.39 is 5.60 Å². The van der Waals surface area contributed by atoms with Crippen molar-refractivity contribution in [2.75, 3.05) is 25.0 Å². The molecule has 1 aliphatic heterocycles. The average Bonchev–Trinajstić information content (AvgIpc) is 3.41. The average molecular weight is 639 g/mol. The summed E-state index contributed by atoms with van der Waals surface area (Å²) in [5, 5.41) is 7.27. The number of rotatable bonds is 9. The molecular formula is C32H36F2N6O2S2. The van der Waals surface area contributed by atoms with Gasteiger partial charge in [0.2, 0.25) is 0 Å². The van der Waals surface area contributed by atoms with Crippen LogP contribution >= 0.6 is 23.1 Å². The van der Waals surface area contributed by atoms with Gasteiger partial charge in [0.05, 0.1) is 21.0 Å². The van der Waals surface area contributed by atoms with E-state index in [1.165, 1.54) is 35.2 Å². The van der Waals surface area contributed by atoms with Crippen molar-refractivity contribution < 1.29 is 18.3 Å². The van der Waals surface area contributed by atoms with Crippen LogP contribution < -0.4 is 10.6 Å². The number of ether oxygens (including phenoxy) is 1. The SMILES string of the molecule is Cc1ccnc(Nc2ncc(Sc3ccnc(CNCC4(c5ccc(F)cc5)CCN(C(=O)OC(C)(C)C)CC4)c3F)s2)c1. The lowest BCUT2D eigenvalue weighted by Gasteiger charge is -2.42. The Morgan fingerprint density at radius 2 is 1.80 bits per heavy atom. The molecule has 0 unspecified atom stereocenters. The number of amides is 1. The molecule has 232 valence electrons. The largest absolute Gasteiger partial charge is 0.444 e. The highest BCUT2D eigenvalue weighted by Crippen LogP contribution is 2.38. The fraction of sp³-hybridized carbons (Fsp3) is 0.375. The summed E-state index contributed by atoms with van der Waals surface area (Å²) in [6.07, 6.45) is 6.01. The van der Waals surface area contributed by atoms with E-state index in [2.05, 4.69) is 25.6 Å². The summed E-state index contributed by atoms with van der Waals surface area (Å²) in [4.78, 5) is 27.9. The third-order valence-corrected chi connectivity index (χ3v) is 9.41. The van der Waals surface area contributed by atoms with Crippen molar-refractivity contribution in [1.29, 1.82) is 0 Å². The Labute approximate surface area is 264 Å². The van der Waals surface area contributed by atoms with Gasteiger partial charge in [-0.2, -0.15) is 0 Å². The number of hydrogen-bond donors (Lipinski definition) is 2. The van der Waals surface area contributed by atoms with Crippen LogP contribution in [0.3, 0.4) is 0 Å². The number of carbonyl (C=O) groups excluding carboxylic acids is 1. The second kappa shape index (κ2) is 13.6. The van der Waals surface area contributed by atoms with Crippen LogP contribution in [0.1, 0.15) is 50.4 Å². The van der Waals surface area contributed by atoms with Crippen molar-refractivity contribution in [2.24, 2.45) is 0 Å². The quantitative estimate of drug-likeness (QED) is 0.195. The molecule has 0 bridgehead atoms. The standard InChI is InChI=1S/C32H36F2N6O2S2/c1-21-9-13-37-26(17-21)39-29-38-19-27(44-29)43-25-10-14-36-24(28(25)34)18-35-20-32(22-5-7-23(33)8-6-22)11-15-40(16-12-32)30(41)42-31(2,3)4/h5-10,13-14,17,19,35H,11-12,15-16,18,20H2,1-4H3,(H,37,38,39). The summed E-state index contributed by atoms with van der Waals surface area (Å²) in [5.41, 5.74) is 1.42. The zero-order chi connectivity index (χ0) is 31.3. The predicted molar refractivity (Wildman–Crippen MR) is 170 cm³/mol. The van der Waals surface area contributed by atoms with Crippen LogP contribution in [0.25, 0.3) is 0 Å². The van der Waals surface area contributed by atoms with Crippen LogP contribution in [-0.4, -0.2) is 51.2 Å². The molecule has 12 heteroatoms. The van der Waals surface area contributed by atoms with Gasteiger partial charge in [-0.3, -0.25) is 4.98 Å². The van der Waals surface area contributed by atoms with Crippen molar-refractivity contribution in [3.05, 3.63) is 89.5 Å². The first-order valence-electron chi connectivity index (χ1n) is 14.4. The van der Waals surface area contributed by atoms with E-state index in [-0.39, 0.29) is 29.7 Å². The van der Waals surface area contributed by atoms with Crippen LogP contribution in [0.4, 0.5) is 24.5 Å². The van der Waals surface area contributed by atoms with Crippen LogP contribution in [0.5, 0.6) is 0 Å². The normalized spacial score (nSPS) is 14.8. The van der Waals surface area contributed by atoms with Crippen LogP contribution in [0.15, 0.2) is 70.2 Å². The summed E-state index contributed by atoms with van der Waals surface area (Å²) >= 11 is 2.71. The van der Waals surface area contributed by atoms with Gasteiger partial charge in [-0.15, -0.1) is 0 Å². The summed E-state index contributed by atoms with van der Waals surface area (Å²) < 4.78 is 35.8. The van der Waals surface area contributed by atoms with Gasteiger partial charge in [0, 0.05) is 44.0 Å². The van der Waals surface area contributed by atoms with Gasteiger partial charge in [0.15, 0.2) is 10.9 Å². The lowest BCUT2D eigenvalue weighted by Crippen LogP contribution is -2.50. The molecule has 1 saturated heterocycles. The molecular weight excluding hydrogens is 603 g/mol. The smallest absolute Gasteiger partial charge is 0.410 e. The number of aromatic nitrogens is 3. The number of likely N-dealkylation sites (tertiary alicyclic amines) is 1. The van der Waals surface area contributed by atoms with E-state index in [0.717, 1.165) is 15.3 Å². The molecule has 0 saturated carbocycles. The number of piperidine rings is 1. The maximum Gasteiger partial charge on any atom is 0.410 e. The van der Waals surface area contributed by atoms with E-state index >= 15 is 4.39 Å². The number of pyridine rings is 2. The molecule has 3 aromatic heterocycles. The van der Waals surface area contributed by atoms with E-state index in [0.29, 0.717) is 54.0 Å². The number of hydrogen-bond acceptors (Lipinski definition) is 9. The summed E-state index contributed by atoms with van der Waals surface area (Å²) in [6, 6.07) is 12.0. The molecule has 4 aromatic rings. The molecule has 1 amide bonds. The number of anilines is 2. The Morgan fingerprint density at radius 3 is 2.50 bits per heavy atom. The lowest BCUT2D eigenvalue weighted by atomic mass is 9.72. The first kappa shape index (κ1) is 31.8.